The molecule has 0 atom stereocenters. The zero-order valence-electron chi connectivity index (χ0n) is 9.85. The highest BCUT2D eigenvalue weighted by atomic mass is 32.2. The van der Waals surface area contributed by atoms with Crippen LogP contribution >= 0.6 is 0 Å². The minimum atomic E-state index is -2.80. The summed E-state index contributed by atoms with van der Waals surface area (Å²) in [7, 11) is -5.01. The Morgan fingerprint density at radius 3 is 1.69 bits per heavy atom. The second-order valence-corrected chi connectivity index (χ2v) is 7.53. The van der Waals surface area contributed by atoms with Crippen molar-refractivity contribution < 1.29 is 16.8 Å². The molecule has 0 amide bonds. The first-order valence-corrected chi connectivity index (χ1v) is 9.13. The fourth-order valence-electron chi connectivity index (χ4n) is 1.49. The van der Waals surface area contributed by atoms with Crippen LogP contribution in [0, 0.1) is 0 Å². The Morgan fingerprint density at radius 2 is 1.25 bits per heavy atom. The molecule has 0 radical (unpaired) electrons. The normalized spacial score (nSPS) is 12.1. The van der Waals surface area contributed by atoms with Gasteiger partial charge in [0.25, 0.3) is 0 Å². The molecule has 0 rings (SSSR count). The predicted octanol–water partition coefficient (Wildman–Crippen LogP) is 1.37. The highest BCUT2D eigenvalue weighted by molar-refractivity contribution is 7.90. The molecular formula is C10H22O4S2. The van der Waals surface area contributed by atoms with Gasteiger partial charge in [-0.15, -0.1) is 0 Å². The van der Waals surface area contributed by atoms with Crippen LogP contribution < -0.4 is 0 Å². The van der Waals surface area contributed by atoms with Gasteiger partial charge in [0, 0.05) is 17.8 Å². The molecule has 0 N–H and O–H groups in total. The highest BCUT2D eigenvalue weighted by Gasteiger charge is 2.00. The van der Waals surface area contributed by atoms with E-state index >= 15 is 0 Å². The number of hydrogen-bond donors (Lipinski definition) is 1. The van der Waals surface area contributed by atoms with Crippen molar-refractivity contribution in [1.82, 2.24) is 0 Å². The number of sulfone groups is 1. The van der Waals surface area contributed by atoms with Crippen LogP contribution in [0.5, 0.6) is 0 Å². The van der Waals surface area contributed by atoms with Crippen molar-refractivity contribution in [2.45, 2.75) is 44.9 Å². The molecule has 0 spiro atoms. The second kappa shape index (κ2) is 8.98. The molecule has 0 aromatic rings. The van der Waals surface area contributed by atoms with Gasteiger partial charge >= 0.3 is 0 Å². The van der Waals surface area contributed by atoms with E-state index in [1.165, 1.54) is 6.26 Å². The maximum absolute atomic E-state index is 10.8. The summed E-state index contributed by atoms with van der Waals surface area (Å²) in [6.07, 6.45) is 7.81. The van der Waals surface area contributed by atoms with Gasteiger partial charge < -0.3 is 0 Å². The van der Waals surface area contributed by atoms with Gasteiger partial charge in [-0.1, -0.05) is 32.1 Å². The molecule has 0 unspecified atom stereocenters. The Hall–Kier alpha value is -0.100. The smallest absolute Gasteiger partial charge is 0.147 e. The molecule has 0 aromatic heterocycles. The monoisotopic (exact) mass is 270 g/mol. The average molecular weight is 270 g/mol. The summed E-state index contributed by atoms with van der Waals surface area (Å²) in [5, 5.41) is 0. The van der Waals surface area contributed by atoms with Crippen molar-refractivity contribution in [1.29, 1.82) is 0 Å². The first kappa shape index (κ1) is 15.9. The van der Waals surface area contributed by atoms with Crippen LogP contribution in [-0.4, -0.2) is 34.6 Å². The minimum absolute atomic E-state index is 0.281. The third-order valence-corrected chi connectivity index (χ3v) is 4.07. The topological polar surface area (TPSA) is 68.3 Å². The van der Waals surface area contributed by atoms with Gasteiger partial charge in [0.2, 0.25) is 0 Å². The zero-order valence-corrected chi connectivity index (χ0v) is 11.6. The third kappa shape index (κ3) is 13.9. The number of unbranched alkanes of at least 4 members (excludes halogenated alkanes) is 6. The largest absolute Gasteiger partial charge is 0.232 e. The first-order chi connectivity index (χ1) is 7.42. The summed E-state index contributed by atoms with van der Waals surface area (Å²) >= 11 is 0. The summed E-state index contributed by atoms with van der Waals surface area (Å²) in [5.74, 6) is 0.576. The van der Waals surface area contributed by atoms with Crippen LogP contribution in [0.3, 0.4) is 0 Å². The first-order valence-electron chi connectivity index (χ1n) is 5.71. The molecule has 0 saturated heterocycles. The van der Waals surface area contributed by atoms with E-state index in [2.05, 4.69) is 0 Å². The fraction of sp³-hybridized carbons (Fsp3) is 1.00. The van der Waals surface area contributed by atoms with Crippen molar-refractivity contribution in [2.75, 3.05) is 17.8 Å². The summed E-state index contributed by atoms with van der Waals surface area (Å²) < 4.78 is 42.1. The molecule has 0 aliphatic carbocycles. The van der Waals surface area contributed by atoms with E-state index in [0.29, 0.717) is 5.75 Å². The minimum Gasteiger partial charge on any atom is -0.232 e. The van der Waals surface area contributed by atoms with E-state index in [1.54, 1.807) is 0 Å². The maximum atomic E-state index is 10.8. The van der Waals surface area contributed by atoms with Crippen LogP contribution in [0.4, 0.5) is 0 Å². The van der Waals surface area contributed by atoms with E-state index in [0.717, 1.165) is 44.9 Å². The SMILES string of the molecule is CS(=O)(=O)CCCCCCCCC[SH](=O)=O. The van der Waals surface area contributed by atoms with Gasteiger partial charge in [-0.05, 0) is 12.8 Å². The fourth-order valence-corrected chi connectivity index (χ4v) is 2.70. The lowest BCUT2D eigenvalue weighted by Crippen LogP contribution is -2.02. The van der Waals surface area contributed by atoms with Crippen LogP contribution in [-0.2, 0) is 20.5 Å². The van der Waals surface area contributed by atoms with Gasteiger partial charge in [-0.25, -0.2) is 16.8 Å². The number of hydrogen-bond acceptors (Lipinski definition) is 4. The molecule has 6 heteroatoms. The number of thiol groups is 1. The molecule has 4 nitrogen and oxygen atoms in total. The Labute approximate surface area is 100 Å². The lowest BCUT2D eigenvalue weighted by molar-refractivity contribution is 0.580. The van der Waals surface area contributed by atoms with Crippen LogP contribution in [0.15, 0.2) is 0 Å². The molecule has 0 fully saturated rings. The number of rotatable bonds is 10. The summed E-state index contributed by atoms with van der Waals surface area (Å²) in [6, 6.07) is 0. The molecule has 0 saturated carbocycles. The van der Waals surface area contributed by atoms with E-state index in [-0.39, 0.29) is 5.75 Å². The van der Waals surface area contributed by atoms with Crippen molar-refractivity contribution in [3.63, 3.8) is 0 Å². The van der Waals surface area contributed by atoms with Gasteiger partial charge in [-0.2, -0.15) is 0 Å². The quantitative estimate of drug-likeness (QED) is 0.481. The van der Waals surface area contributed by atoms with Crippen LogP contribution in [0.2, 0.25) is 0 Å². The summed E-state index contributed by atoms with van der Waals surface area (Å²) in [4.78, 5) is 0. The second-order valence-electron chi connectivity index (χ2n) is 4.16. The van der Waals surface area contributed by atoms with Crippen LogP contribution in [0.25, 0.3) is 0 Å². The molecule has 0 bridgehead atoms. The van der Waals surface area contributed by atoms with Gasteiger partial charge in [0.15, 0.2) is 0 Å². The van der Waals surface area contributed by atoms with E-state index in [9.17, 15) is 16.8 Å². The molecular weight excluding hydrogens is 248 g/mol. The summed E-state index contributed by atoms with van der Waals surface area (Å²) in [5.41, 5.74) is 0. The van der Waals surface area contributed by atoms with Gasteiger partial charge in [-0.3, -0.25) is 0 Å². The Morgan fingerprint density at radius 1 is 0.812 bits per heavy atom. The average Bonchev–Trinajstić information content (AvgIpc) is 2.13. The van der Waals surface area contributed by atoms with Crippen molar-refractivity contribution in [3.8, 4) is 0 Å². The van der Waals surface area contributed by atoms with Gasteiger partial charge in [0.1, 0.15) is 20.5 Å². The lowest BCUT2D eigenvalue weighted by Gasteiger charge is -2.00. The van der Waals surface area contributed by atoms with E-state index < -0.39 is 20.5 Å². The van der Waals surface area contributed by atoms with Crippen molar-refractivity contribution in [2.24, 2.45) is 0 Å². The molecule has 0 aliphatic rings. The molecule has 0 heterocycles. The molecule has 16 heavy (non-hydrogen) atoms. The van der Waals surface area contributed by atoms with Crippen LogP contribution in [0.1, 0.15) is 44.9 Å². The van der Waals surface area contributed by atoms with E-state index in [4.69, 9.17) is 0 Å². The predicted molar refractivity (Wildman–Crippen MR) is 67.2 cm³/mol. The highest BCUT2D eigenvalue weighted by Crippen LogP contribution is 2.07. The van der Waals surface area contributed by atoms with Crippen molar-refractivity contribution >= 4 is 20.5 Å². The summed E-state index contributed by atoms with van der Waals surface area (Å²) in [6.45, 7) is 0. The molecule has 0 aromatic carbocycles. The standard InChI is InChI=1S/C10H22O4S2/c1-16(13,14)10-8-6-4-2-3-5-7-9-15(11)12/h15H,2-10H2,1H3. The molecule has 0 aliphatic heterocycles. The van der Waals surface area contributed by atoms with Gasteiger partial charge in [0.05, 0.1) is 0 Å². The van der Waals surface area contributed by atoms with E-state index in [1.807, 2.05) is 0 Å². The Kier molecular flexibility index (Phi) is 8.93. The third-order valence-electron chi connectivity index (χ3n) is 2.36. The Balaban J connectivity index is 3.16. The Bertz CT molecular complexity index is 323. The zero-order chi connectivity index (χ0) is 12.4. The maximum Gasteiger partial charge on any atom is 0.147 e. The lowest BCUT2D eigenvalue weighted by atomic mass is 10.1. The molecule has 98 valence electrons. The van der Waals surface area contributed by atoms with Crippen molar-refractivity contribution in [3.05, 3.63) is 0 Å².